The van der Waals surface area contributed by atoms with E-state index in [4.69, 9.17) is 13.9 Å². The standard InChI is InChI=1S/C30H31FN4O6S/c1-30(2,3)41-29(38)35-10-5-11-39-23(16-35)27(36)33-19(15-32)14-25-26(31)20-12-17(7-9-24(20)42-25)18-6-8-22-21(13-18)34(4)28(37)40-22/h6-9,12-13,19,23H,5,10-11,14,16H2,1-4H3,(H,33,36)/t19?,23-/m0/s1. The molecule has 10 nitrogen and oxygen atoms in total. The Morgan fingerprint density at radius 2 is 1.98 bits per heavy atom. The molecule has 1 N–H and O–H groups in total. The van der Waals surface area contributed by atoms with Crippen molar-refractivity contribution in [2.24, 2.45) is 7.05 Å². The van der Waals surface area contributed by atoms with E-state index in [-0.39, 0.29) is 19.6 Å². The third kappa shape index (κ3) is 6.17. The highest BCUT2D eigenvalue weighted by Gasteiger charge is 2.31. The number of benzene rings is 2. The van der Waals surface area contributed by atoms with Crippen molar-refractivity contribution in [3.63, 3.8) is 0 Å². The third-order valence-corrected chi connectivity index (χ3v) is 8.07. The third-order valence-electron chi connectivity index (χ3n) is 6.90. The van der Waals surface area contributed by atoms with E-state index >= 15 is 4.39 Å². The highest BCUT2D eigenvalue weighted by atomic mass is 32.1. The van der Waals surface area contributed by atoms with Gasteiger partial charge in [-0.3, -0.25) is 9.36 Å². The smallest absolute Gasteiger partial charge is 0.419 e. The molecule has 0 spiro atoms. The van der Waals surface area contributed by atoms with E-state index in [0.29, 0.717) is 39.0 Å². The molecule has 0 saturated carbocycles. The highest BCUT2D eigenvalue weighted by Crippen LogP contribution is 2.35. The van der Waals surface area contributed by atoms with Gasteiger partial charge in [0, 0.05) is 41.6 Å². The summed E-state index contributed by atoms with van der Waals surface area (Å²) in [5.74, 6) is -1.47. The first-order chi connectivity index (χ1) is 19.9. The van der Waals surface area contributed by atoms with E-state index in [1.807, 2.05) is 24.3 Å². The Hall–Kier alpha value is -4.21. The number of fused-ring (bicyclic) bond motifs is 2. The Balaban J connectivity index is 1.31. The Labute approximate surface area is 245 Å². The first-order valence-corrected chi connectivity index (χ1v) is 14.4. The van der Waals surface area contributed by atoms with E-state index in [2.05, 4.69) is 5.32 Å². The van der Waals surface area contributed by atoms with Crippen LogP contribution in [0.4, 0.5) is 9.18 Å². The zero-order valence-electron chi connectivity index (χ0n) is 23.7. The van der Waals surface area contributed by atoms with Crippen molar-refractivity contribution in [1.82, 2.24) is 14.8 Å². The number of ether oxygens (including phenoxy) is 2. The quantitative estimate of drug-likeness (QED) is 0.354. The number of hydrogen-bond donors (Lipinski definition) is 1. The number of carbonyl (C=O) groups excluding carboxylic acids is 2. The van der Waals surface area contributed by atoms with Crippen molar-refractivity contribution in [2.75, 3.05) is 19.7 Å². The molecule has 1 aliphatic rings. The predicted octanol–water partition coefficient (Wildman–Crippen LogP) is 4.73. The van der Waals surface area contributed by atoms with Crippen LogP contribution in [0.15, 0.2) is 45.6 Å². The van der Waals surface area contributed by atoms with Crippen molar-refractivity contribution in [2.45, 2.75) is 51.4 Å². The van der Waals surface area contributed by atoms with Crippen molar-refractivity contribution in [1.29, 1.82) is 5.26 Å². The average Bonchev–Trinajstić information content (AvgIpc) is 3.26. The lowest BCUT2D eigenvalue weighted by Crippen LogP contribution is -2.48. The minimum atomic E-state index is -1.01. The molecule has 1 unspecified atom stereocenters. The number of amides is 2. The maximum atomic E-state index is 15.6. The summed E-state index contributed by atoms with van der Waals surface area (Å²) in [6, 6.07) is 11.8. The van der Waals surface area contributed by atoms with Gasteiger partial charge in [0.1, 0.15) is 17.5 Å². The van der Waals surface area contributed by atoms with Gasteiger partial charge in [0.25, 0.3) is 5.91 Å². The van der Waals surface area contributed by atoms with Crippen molar-refractivity contribution < 1.29 is 27.9 Å². The predicted molar refractivity (Wildman–Crippen MR) is 156 cm³/mol. The van der Waals surface area contributed by atoms with E-state index in [0.717, 1.165) is 11.1 Å². The van der Waals surface area contributed by atoms with E-state index in [1.165, 1.54) is 20.8 Å². The summed E-state index contributed by atoms with van der Waals surface area (Å²) in [7, 11) is 1.62. The minimum Gasteiger partial charge on any atom is -0.444 e. The molecule has 0 bridgehead atoms. The number of nitriles is 1. The molecule has 0 aliphatic carbocycles. The molecule has 1 aliphatic heterocycles. The first-order valence-electron chi connectivity index (χ1n) is 13.5. The molecule has 4 aromatic rings. The number of nitrogens with one attached hydrogen (secondary N) is 1. The number of nitrogens with zero attached hydrogens (tertiary/aromatic N) is 3. The van der Waals surface area contributed by atoms with Crippen LogP contribution in [0.5, 0.6) is 0 Å². The van der Waals surface area contributed by atoms with Crippen LogP contribution in [0.1, 0.15) is 32.1 Å². The fourth-order valence-corrected chi connectivity index (χ4v) is 5.90. The van der Waals surface area contributed by atoms with Gasteiger partial charge in [0.2, 0.25) is 0 Å². The fourth-order valence-electron chi connectivity index (χ4n) is 4.79. The van der Waals surface area contributed by atoms with E-state index in [9.17, 15) is 19.6 Å². The van der Waals surface area contributed by atoms with E-state index < -0.39 is 41.3 Å². The second-order valence-corrected chi connectivity index (χ2v) is 12.3. The van der Waals surface area contributed by atoms with Crippen LogP contribution in [0.2, 0.25) is 0 Å². The lowest BCUT2D eigenvalue weighted by Gasteiger charge is -2.27. The van der Waals surface area contributed by atoms with Crippen molar-refractivity contribution in [3.05, 3.63) is 57.6 Å². The maximum Gasteiger partial charge on any atom is 0.419 e. The molecule has 2 amide bonds. The average molecular weight is 595 g/mol. The van der Waals surface area contributed by atoms with Crippen LogP contribution < -0.4 is 11.1 Å². The summed E-state index contributed by atoms with van der Waals surface area (Å²) in [5.41, 5.74) is 1.96. The summed E-state index contributed by atoms with van der Waals surface area (Å²) in [6.45, 7) is 5.92. The molecule has 220 valence electrons. The van der Waals surface area contributed by atoms with Crippen molar-refractivity contribution >= 4 is 44.5 Å². The first kappa shape index (κ1) is 29.3. The van der Waals surface area contributed by atoms with Crippen LogP contribution in [-0.4, -0.2) is 58.9 Å². The number of hydrogen-bond acceptors (Lipinski definition) is 8. The van der Waals surface area contributed by atoms with Crippen molar-refractivity contribution in [3.8, 4) is 17.2 Å². The SMILES string of the molecule is Cn1c(=O)oc2ccc(-c3ccc4sc(CC(C#N)NC(=O)[C@@H]5CN(C(=O)OC(C)(C)C)CCCO5)c(F)c4c3)cc21. The van der Waals surface area contributed by atoms with Gasteiger partial charge in [0.05, 0.1) is 18.1 Å². The van der Waals surface area contributed by atoms with Gasteiger partial charge in [0.15, 0.2) is 11.7 Å². The molecule has 0 radical (unpaired) electrons. The summed E-state index contributed by atoms with van der Waals surface area (Å²) in [6.07, 6.45) is -1.02. The topological polar surface area (TPSA) is 127 Å². The number of halogens is 1. The normalized spacial score (nSPS) is 16.7. The fraction of sp³-hybridized carbons (Fsp3) is 0.400. The van der Waals surface area contributed by atoms with Crippen LogP contribution in [-0.2, 0) is 27.7 Å². The Morgan fingerprint density at radius 3 is 2.71 bits per heavy atom. The lowest BCUT2D eigenvalue weighted by atomic mass is 10.0. The molecular weight excluding hydrogens is 563 g/mol. The Kier molecular flexibility index (Phi) is 8.08. The second-order valence-electron chi connectivity index (χ2n) is 11.2. The van der Waals surface area contributed by atoms with Gasteiger partial charge in [-0.2, -0.15) is 5.26 Å². The summed E-state index contributed by atoms with van der Waals surface area (Å²) >= 11 is 1.22. The Morgan fingerprint density at radius 1 is 1.24 bits per heavy atom. The largest absolute Gasteiger partial charge is 0.444 e. The highest BCUT2D eigenvalue weighted by molar-refractivity contribution is 7.19. The minimum absolute atomic E-state index is 0.0162. The summed E-state index contributed by atoms with van der Waals surface area (Å²) < 4.78 is 34.0. The number of aromatic nitrogens is 1. The van der Waals surface area contributed by atoms with Gasteiger partial charge in [-0.05, 0) is 62.6 Å². The molecular formula is C30H31FN4O6S. The molecule has 42 heavy (non-hydrogen) atoms. The van der Waals surface area contributed by atoms with Gasteiger partial charge in [-0.1, -0.05) is 12.1 Å². The number of carbonyl (C=O) groups is 2. The molecule has 12 heteroatoms. The van der Waals surface area contributed by atoms with Crippen LogP contribution in [0.3, 0.4) is 0 Å². The molecule has 1 fully saturated rings. The maximum absolute atomic E-state index is 15.6. The molecule has 5 rings (SSSR count). The van der Waals surface area contributed by atoms with Crippen LogP contribution in [0.25, 0.3) is 32.3 Å². The zero-order valence-corrected chi connectivity index (χ0v) is 24.5. The molecule has 1 saturated heterocycles. The van der Waals surface area contributed by atoms with Gasteiger partial charge >= 0.3 is 11.8 Å². The molecule has 3 heterocycles. The van der Waals surface area contributed by atoms with E-state index in [1.54, 1.807) is 46.0 Å². The number of rotatable bonds is 5. The molecule has 2 aromatic heterocycles. The Bertz CT molecular complexity index is 1760. The molecule has 2 atom stereocenters. The van der Waals surface area contributed by atoms with Gasteiger partial charge in [-0.25, -0.2) is 14.0 Å². The monoisotopic (exact) mass is 594 g/mol. The van der Waals surface area contributed by atoms with Crippen LogP contribution in [0, 0.1) is 17.1 Å². The van der Waals surface area contributed by atoms with Gasteiger partial charge < -0.3 is 24.1 Å². The number of thiophene rings is 1. The summed E-state index contributed by atoms with van der Waals surface area (Å²) in [5, 5.41) is 12.8. The molecule has 2 aromatic carbocycles. The number of aryl methyl sites for hydroxylation is 1. The zero-order chi connectivity index (χ0) is 30.2. The second kappa shape index (κ2) is 11.6. The summed E-state index contributed by atoms with van der Waals surface area (Å²) in [4.78, 5) is 39.2. The lowest BCUT2D eigenvalue weighted by molar-refractivity contribution is -0.133. The van der Waals surface area contributed by atoms with Crippen LogP contribution >= 0.6 is 11.3 Å². The number of oxazole rings is 1. The van der Waals surface area contributed by atoms with Gasteiger partial charge in [-0.15, -0.1) is 11.3 Å².